The van der Waals surface area contributed by atoms with Crippen LogP contribution in [0, 0.1) is 0 Å². The lowest BCUT2D eigenvalue weighted by Gasteiger charge is -2.23. The highest BCUT2D eigenvalue weighted by Crippen LogP contribution is 2.31. The molecule has 3 aromatic rings. The Bertz CT molecular complexity index is 1160. The number of carbonyl (C=O) groups is 1. The Hall–Kier alpha value is -2.01. The van der Waals surface area contributed by atoms with Crippen LogP contribution in [-0.2, 0) is 14.8 Å². The average Bonchev–Trinajstić information content (AvgIpc) is 3.34. The summed E-state index contributed by atoms with van der Waals surface area (Å²) < 4.78 is 34.4. The highest BCUT2D eigenvalue weighted by Gasteiger charge is 2.39. The van der Waals surface area contributed by atoms with Gasteiger partial charge in [0.2, 0.25) is 15.9 Å². The fourth-order valence-corrected chi connectivity index (χ4v) is 6.39. The molecule has 29 heavy (non-hydrogen) atoms. The molecule has 4 rings (SSSR count). The molecule has 2 heterocycles. The topological polar surface area (TPSA) is 88.6 Å². The lowest BCUT2D eigenvalue weighted by Crippen LogP contribution is -2.43. The van der Waals surface area contributed by atoms with E-state index in [2.05, 4.69) is 26.2 Å². The van der Waals surface area contributed by atoms with Gasteiger partial charge in [0, 0.05) is 11.0 Å². The van der Waals surface area contributed by atoms with Gasteiger partial charge < -0.3 is 10.1 Å². The number of amides is 1. The molecule has 1 aromatic heterocycles. The van der Waals surface area contributed by atoms with E-state index >= 15 is 0 Å². The van der Waals surface area contributed by atoms with Crippen molar-refractivity contribution in [3.8, 4) is 5.75 Å². The molecule has 1 amide bonds. The van der Waals surface area contributed by atoms with Crippen LogP contribution in [0.5, 0.6) is 5.75 Å². The molecule has 0 aliphatic carbocycles. The molecule has 1 unspecified atom stereocenters. The standard InChI is InChI=1S/C19H18BrN3O4S2/c1-27-13-5-7-14(8-6-13)29(25,26)23-10-2-3-16(23)18(24)22-19-21-15-9-4-12(20)11-17(15)28-19/h4-9,11,16H,2-3,10H2,1H3,(H,21,22,24). The minimum Gasteiger partial charge on any atom is -0.497 e. The maximum Gasteiger partial charge on any atom is 0.244 e. The number of nitrogens with zero attached hydrogens (tertiary/aromatic N) is 2. The second kappa shape index (κ2) is 8.02. The molecule has 1 saturated heterocycles. The second-order valence-corrected chi connectivity index (χ2v) is 10.4. The molecule has 0 radical (unpaired) electrons. The SMILES string of the molecule is COc1ccc(S(=O)(=O)N2CCCC2C(=O)Nc2nc3ccc(Br)cc3s2)cc1. The molecule has 1 fully saturated rings. The van der Waals surface area contributed by atoms with E-state index in [4.69, 9.17) is 4.74 Å². The molecule has 152 valence electrons. The molecule has 10 heteroatoms. The Morgan fingerprint density at radius 2 is 2.03 bits per heavy atom. The van der Waals surface area contributed by atoms with E-state index in [-0.39, 0.29) is 10.8 Å². The summed E-state index contributed by atoms with van der Waals surface area (Å²) in [5, 5.41) is 3.25. The molecule has 1 atom stereocenters. The van der Waals surface area contributed by atoms with Gasteiger partial charge in [0.15, 0.2) is 5.13 Å². The van der Waals surface area contributed by atoms with Crippen molar-refractivity contribution in [2.45, 2.75) is 23.8 Å². The van der Waals surface area contributed by atoms with Crippen molar-refractivity contribution in [1.82, 2.24) is 9.29 Å². The number of carbonyl (C=O) groups excluding carboxylic acids is 1. The summed E-state index contributed by atoms with van der Waals surface area (Å²) in [4.78, 5) is 17.4. The van der Waals surface area contributed by atoms with Gasteiger partial charge in [0.05, 0.1) is 22.2 Å². The van der Waals surface area contributed by atoms with E-state index in [1.807, 2.05) is 18.2 Å². The van der Waals surface area contributed by atoms with Crippen molar-refractivity contribution < 1.29 is 17.9 Å². The lowest BCUT2D eigenvalue weighted by molar-refractivity contribution is -0.119. The van der Waals surface area contributed by atoms with Gasteiger partial charge in [0.1, 0.15) is 11.8 Å². The van der Waals surface area contributed by atoms with Crippen LogP contribution in [0.2, 0.25) is 0 Å². The van der Waals surface area contributed by atoms with Crippen LogP contribution in [-0.4, -0.2) is 43.3 Å². The van der Waals surface area contributed by atoms with E-state index in [0.29, 0.717) is 30.3 Å². The number of ether oxygens (including phenoxy) is 1. The summed E-state index contributed by atoms with van der Waals surface area (Å²) in [7, 11) is -2.27. The first-order valence-electron chi connectivity index (χ1n) is 8.91. The second-order valence-electron chi connectivity index (χ2n) is 6.57. The normalized spacial score (nSPS) is 17.5. The van der Waals surface area contributed by atoms with Crippen LogP contribution in [0.25, 0.3) is 10.2 Å². The van der Waals surface area contributed by atoms with Crippen molar-refractivity contribution in [3.63, 3.8) is 0 Å². The third kappa shape index (κ3) is 4.02. The maximum absolute atomic E-state index is 13.1. The van der Waals surface area contributed by atoms with Crippen molar-refractivity contribution in [1.29, 1.82) is 0 Å². The number of sulfonamides is 1. The molecule has 1 N–H and O–H groups in total. The Labute approximate surface area is 180 Å². The number of anilines is 1. The summed E-state index contributed by atoms with van der Waals surface area (Å²) in [5.74, 6) is 0.208. The van der Waals surface area contributed by atoms with Crippen LogP contribution in [0.3, 0.4) is 0 Å². The predicted molar refractivity (Wildman–Crippen MR) is 116 cm³/mol. The van der Waals surface area contributed by atoms with Crippen molar-refractivity contribution in [2.75, 3.05) is 19.0 Å². The number of benzene rings is 2. The highest BCUT2D eigenvalue weighted by atomic mass is 79.9. The quantitative estimate of drug-likeness (QED) is 0.580. The maximum atomic E-state index is 13.1. The summed E-state index contributed by atoms with van der Waals surface area (Å²) in [6.07, 6.45) is 1.10. The number of hydrogen-bond donors (Lipinski definition) is 1. The average molecular weight is 496 g/mol. The molecule has 0 saturated carbocycles. The third-order valence-electron chi connectivity index (χ3n) is 4.75. The first-order chi connectivity index (χ1) is 13.9. The third-order valence-corrected chi connectivity index (χ3v) is 8.10. The zero-order valence-electron chi connectivity index (χ0n) is 15.5. The van der Waals surface area contributed by atoms with Crippen molar-refractivity contribution in [2.24, 2.45) is 0 Å². The monoisotopic (exact) mass is 495 g/mol. The molecule has 0 bridgehead atoms. The molecular weight excluding hydrogens is 478 g/mol. The van der Waals surface area contributed by atoms with Crippen LogP contribution < -0.4 is 10.1 Å². The number of nitrogens with one attached hydrogen (secondary N) is 1. The molecule has 0 spiro atoms. The number of hydrogen-bond acceptors (Lipinski definition) is 6. The number of rotatable bonds is 5. The van der Waals surface area contributed by atoms with E-state index < -0.39 is 16.1 Å². The Morgan fingerprint density at radius 1 is 1.28 bits per heavy atom. The Kier molecular flexibility index (Phi) is 5.60. The van der Waals surface area contributed by atoms with Gasteiger partial charge in [-0.05, 0) is 55.3 Å². The number of fused-ring (bicyclic) bond motifs is 1. The molecular formula is C19H18BrN3O4S2. The number of halogens is 1. The predicted octanol–water partition coefficient (Wildman–Crippen LogP) is 3.86. The first-order valence-corrected chi connectivity index (χ1v) is 12.0. The van der Waals surface area contributed by atoms with E-state index in [9.17, 15) is 13.2 Å². The Balaban J connectivity index is 1.55. The molecule has 1 aliphatic heterocycles. The first kappa shape index (κ1) is 20.3. The van der Waals surface area contributed by atoms with Gasteiger partial charge in [-0.2, -0.15) is 4.31 Å². The molecule has 7 nitrogen and oxygen atoms in total. The van der Waals surface area contributed by atoms with Crippen molar-refractivity contribution >= 4 is 58.5 Å². The fraction of sp³-hybridized carbons (Fsp3) is 0.263. The van der Waals surface area contributed by atoms with Crippen LogP contribution in [0.1, 0.15) is 12.8 Å². The molecule has 1 aliphatic rings. The summed E-state index contributed by atoms with van der Waals surface area (Å²) in [5.41, 5.74) is 0.780. The van der Waals surface area contributed by atoms with E-state index in [1.54, 1.807) is 12.1 Å². The number of methoxy groups -OCH3 is 1. The summed E-state index contributed by atoms with van der Waals surface area (Å²) in [6, 6.07) is 11.1. The minimum absolute atomic E-state index is 0.142. The largest absolute Gasteiger partial charge is 0.497 e. The fourth-order valence-electron chi connectivity index (χ4n) is 3.31. The van der Waals surface area contributed by atoms with Crippen LogP contribution in [0.15, 0.2) is 51.8 Å². The van der Waals surface area contributed by atoms with Crippen LogP contribution >= 0.6 is 27.3 Å². The minimum atomic E-state index is -3.79. The van der Waals surface area contributed by atoms with Gasteiger partial charge in [-0.3, -0.25) is 4.79 Å². The summed E-state index contributed by atoms with van der Waals surface area (Å²) >= 11 is 4.77. The number of thiazole rings is 1. The van der Waals surface area contributed by atoms with E-state index in [1.165, 1.54) is 34.9 Å². The van der Waals surface area contributed by atoms with Gasteiger partial charge in [0.25, 0.3) is 0 Å². The van der Waals surface area contributed by atoms with Gasteiger partial charge in [-0.25, -0.2) is 13.4 Å². The zero-order chi connectivity index (χ0) is 20.6. The van der Waals surface area contributed by atoms with Gasteiger partial charge in [-0.1, -0.05) is 27.3 Å². The molecule has 2 aromatic carbocycles. The van der Waals surface area contributed by atoms with Crippen LogP contribution in [0.4, 0.5) is 5.13 Å². The zero-order valence-corrected chi connectivity index (χ0v) is 18.7. The number of aromatic nitrogens is 1. The highest BCUT2D eigenvalue weighted by molar-refractivity contribution is 9.10. The van der Waals surface area contributed by atoms with Gasteiger partial charge in [-0.15, -0.1) is 0 Å². The van der Waals surface area contributed by atoms with Crippen molar-refractivity contribution in [3.05, 3.63) is 46.9 Å². The summed E-state index contributed by atoms with van der Waals surface area (Å²) in [6.45, 7) is 0.305. The smallest absolute Gasteiger partial charge is 0.244 e. The Morgan fingerprint density at radius 3 is 2.76 bits per heavy atom. The van der Waals surface area contributed by atoms with Gasteiger partial charge >= 0.3 is 0 Å². The lowest BCUT2D eigenvalue weighted by atomic mass is 10.2. The van der Waals surface area contributed by atoms with E-state index in [0.717, 1.165) is 14.7 Å².